The van der Waals surface area contributed by atoms with Crippen molar-refractivity contribution in [3.05, 3.63) is 52.1 Å². The fourth-order valence-corrected chi connectivity index (χ4v) is 3.44. The van der Waals surface area contributed by atoms with Crippen molar-refractivity contribution in [2.75, 3.05) is 0 Å². The normalized spacial score (nSPS) is 27.6. The van der Waals surface area contributed by atoms with E-state index in [0.717, 1.165) is 25.7 Å². The molecule has 0 unspecified atom stereocenters. The Balaban J connectivity index is 1.59. The number of carbonyl (C=O) groups excluding carboxylic acids is 1. The maximum Gasteiger partial charge on any atom is 0.278 e. The van der Waals surface area contributed by atoms with Crippen LogP contribution in [0.5, 0.6) is 0 Å². The van der Waals surface area contributed by atoms with Gasteiger partial charge in [0.1, 0.15) is 0 Å². The molecule has 1 amide bonds. The third-order valence-electron chi connectivity index (χ3n) is 4.65. The van der Waals surface area contributed by atoms with Gasteiger partial charge in [0.25, 0.3) is 5.69 Å². The number of benzene rings is 1. The van der Waals surface area contributed by atoms with E-state index in [9.17, 15) is 14.9 Å². The minimum absolute atomic E-state index is 0.0235. The molecule has 1 saturated carbocycles. The van der Waals surface area contributed by atoms with E-state index in [2.05, 4.69) is 22.7 Å². The van der Waals surface area contributed by atoms with E-state index in [1.165, 1.54) is 12.3 Å². The van der Waals surface area contributed by atoms with Gasteiger partial charge in [-0.1, -0.05) is 24.3 Å². The summed E-state index contributed by atoms with van der Waals surface area (Å²) >= 11 is 0. The van der Waals surface area contributed by atoms with E-state index < -0.39 is 4.92 Å². The van der Waals surface area contributed by atoms with Crippen molar-refractivity contribution in [2.45, 2.75) is 25.7 Å². The van der Waals surface area contributed by atoms with Gasteiger partial charge >= 0.3 is 0 Å². The SMILES string of the molecule is O=C(N/N=C\c1ccccc1[N+](=O)[O-])C1[C@H]2CC/C=C\CC[C@H]12. The van der Waals surface area contributed by atoms with Crippen molar-refractivity contribution in [3.8, 4) is 0 Å². The van der Waals surface area contributed by atoms with Crippen molar-refractivity contribution in [2.24, 2.45) is 22.9 Å². The summed E-state index contributed by atoms with van der Waals surface area (Å²) in [5, 5.41) is 14.8. The van der Waals surface area contributed by atoms with Crippen molar-refractivity contribution in [1.82, 2.24) is 5.43 Å². The lowest BCUT2D eigenvalue weighted by atomic mass is 10.1. The smallest absolute Gasteiger partial charge is 0.273 e. The Kier molecular flexibility index (Phi) is 4.50. The summed E-state index contributed by atoms with van der Waals surface area (Å²) in [5.41, 5.74) is 2.90. The highest BCUT2D eigenvalue weighted by Gasteiger charge is 2.53. The predicted octanol–water partition coefficient (Wildman–Crippen LogP) is 3.04. The highest BCUT2D eigenvalue weighted by atomic mass is 16.6. The number of nitro groups is 1. The largest absolute Gasteiger partial charge is 0.278 e. The van der Waals surface area contributed by atoms with E-state index in [1.807, 2.05) is 0 Å². The fourth-order valence-electron chi connectivity index (χ4n) is 3.44. The molecule has 0 aromatic heterocycles. The number of nitrogens with zero attached hydrogens (tertiary/aromatic N) is 2. The summed E-state index contributed by atoms with van der Waals surface area (Å²) in [6.45, 7) is 0. The number of carbonyl (C=O) groups is 1. The number of allylic oxidation sites excluding steroid dienone is 2. The Hall–Kier alpha value is -2.50. The Labute approximate surface area is 134 Å². The molecule has 2 atom stereocenters. The molecule has 0 saturated heterocycles. The Morgan fingerprint density at radius 3 is 2.52 bits per heavy atom. The molecule has 23 heavy (non-hydrogen) atoms. The molecule has 2 aliphatic carbocycles. The van der Waals surface area contributed by atoms with Crippen LogP contribution >= 0.6 is 0 Å². The molecule has 0 heterocycles. The first-order chi connectivity index (χ1) is 11.2. The summed E-state index contributed by atoms with van der Waals surface area (Å²) in [5.74, 6) is 0.886. The van der Waals surface area contributed by atoms with Gasteiger partial charge in [0.15, 0.2) is 0 Å². The molecule has 1 fully saturated rings. The van der Waals surface area contributed by atoms with Crippen LogP contribution in [0.4, 0.5) is 5.69 Å². The summed E-state index contributed by atoms with van der Waals surface area (Å²) in [4.78, 5) is 22.7. The van der Waals surface area contributed by atoms with Crippen LogP contribution in [0.25, 0.3) is 0 Å². The van der Waals surface area contributed by atoms with Gasteiger partial charge in [0.05, 0.1) is 16.7 Å². The molecule has 0 spiro atoms. The molecule has 2 aliphatic rings. The summed E-state index contributed by atoms with van der Waals surface area (Å²) < 4.78 is 0. The van der Waals surface area contributed by atoms with E-state index in [4.69, 9.17) is 0 Å². The second-order valence-corrected chi connectivity index (χ2v) is 6.03. The molecule has 1 aromatic rings. The third-order valence-corrected chi connectivity index (χ3v) is 4.65. The molecular weight excluding hydrogens is 294 g/mol. The van der Waals surface area contributed by atoms with Crippen LogP contribution in [0.15, 0.2) is 41.5 Å². The standard InChI is InChI=1S/C17H19N3O3/c21-17(16-13-8-3-1-2-4-9-14(13)16)19-18-11-12-7-5-6-10-15(12)20(22)23/h1-2,5-7,10-11,13-14,16H,3-4,8-9H2,(H,19,21)/b2-1-,18-11-/t13-,14-/m0/s1. The van der Waals surface area contributed by atoms with Crippen LogP contribution in [-0.4, -0.2) is 17.0 Å². The zero-order chi connectivity index (χ0) is 16.2. The molecule has 120 valence electrons. The molecule has 1 N–H and O–H groups in total. The number of amides is 1. The van der Waals surface area contributed by atoms with E-state index in [-0.39, 0.29) is 17.5 Å². The fraction of sp³-hybridized carbons (Fsp3) is 0.412. The summed E-state index contributed by atoms with van der Waals surface area (Å²) in [6, 6.07) is 6.32. The zero-order valence-corrected chi connectivity index (χ0v) is 12.7. The van der Waals surface area contributed by atoms with E-state index in [0.29, 0.717) is 17.4 Å². The van der Waals surface area contributed by atoms with Crippen LogP contribution in [0.3, 0.4) is 0 Å². The second-order valence-electron chi connectivity index (χ2n) is 6.03. The summed E-state index contributed by atoms with van der Waals surface area (Å²) in [7, 11) is 0. The van der Waals surface area contributed by atoms with Crippen molar-refractivity contribution >= 4 is 17.8 Å². The average molecular weight is 313 g/mol. The first-order valence-electron chi connectivity index (χ1n) is 7.90. The number of hydrogen-bond donors (Lipinski definition) is 1. The van der Waals surface area contributed by atoms with Crippen LogP contribution in [0, 0.1) is 27.9 Å². The number of para-hydroxylation sites is 1. The molecule has 0 bridgehead atoms. The lowest BCUT2D eigenvalue weighted by Gasteiger charge is -1.99. The number of hydrazone groups is 1. The van der Waals surface area contributed by atoms with Gasteiger partial charge in [-0.05, 0) is 43.6 Å². The number of nitro benzene ring substituents is 1. The highest BCUT2D eigenvalue weighted by molar-refractivity contribution is 5.87. The van der Waals surface area contributed by atoms with Crippen LogP contribution < -0.4 is 5.43 Å². The average Bonchev–Trinajstić information content (AvgIpc) is 3.18. The van der Waals surface area contributed by atoms with Gasteiger partial charge in [-0.25, -0.2) is 5.43 Å². The van der Waals surface area contributed by atoms with Crippen LogP contribution in [0.2, 0.25) is 0 Å². The summed E-state index contributed by atoms with van der Waals surface area (Å²) in [6.07, 6.45) is 9.88. The molecule has 0 radical (unpaired) electrons. The lowest BCUT2D eigenvalue weighted by Crippen LogP contribution is -2.21. The van der Waals surface area contributed by atoms with Crippen LogP contribution in [-0.2, 0) is 4.79 Å². The molecular formula is C17H19N3O3. The zero-order valence-electron chi connectivity index (χ0n) is 12.7. The van der Waals surface area contributed by atoms with Crippen molar-refractivity contribution in [3.63, 3.8) is 0 Å². The van der Waals surface area contributed by atoms with Gasteiger partial charge in [0, 0.05) is 12.0 Å². The molecule has 3 rings (SSSR count). The van der Waals surface area contributed by atoms with E-state index in [1.54, 1.807) is 18.2 Å². The topological polar surface area (TPSA) is 84.6 Å². The van der Waals surface area contributed by atoms with Crippen LogP contribution in [0.1, 0.15) is 31.2 Å². The molecule has 6 nitrogen and oxygen atoms in total. The van der Waals surface area contributed by atoms with Gasteiger partial charge in [-0.3, -0.25) is 14.9 Å². The maximum atomic E-state index is 12.2. The number of hydrogen-bond acceptors (Lipinski definition) is 4. The second kappa shape index (κ2) is 6.73. The van der Waals surface area contributed by atoms with Crippen molar-refractivity contribution < 1.29 is 9.72 Å². The molecule has 0 aliphatic heterocycles. The number of rotatable bonds is 4. The lowest BCUT2D eigenvalue weighted by molar-refractivity contribution is -0.385. The Morgan fingerprint density at radius 2 is 1.87 bits per heavy atom. The number of fused-ring (bicyclic) bond motifs is 1. The van der Waals surface area contributed by atoms with Gasteiger partial charge in [0.2, 0.25) is 5.91 Å². The van der Waals surface area contributed by atoms with Gasteiger partial charge in [-0.15, -0.1) is 0 Å². The highest BCUT2D eigenvalue weighted by Crippen LogP contribution is 2.52. The van der Waals surface area contributed by atoms with Crippen molar-refractivity contribution in [1.29, 1.82) is 0 Å². The third kappa shape index (κ3) is 3.47. The Bertz CT molecular complexity index is 653. The molecule has 1 aromatic carbocycles. The minimum atomic E-state index is -0.460. The minimum Gasteiger partial charge on any atom is -0.273 e. The monoisotopic (exact) mass is 313 g/mol. The first-order valence-corrected chi connectivity index (χ1v) is 7.90. The van der Waals surface area contributed by atoms with E-state index >= 15 is 0 Å². The van der Waals surface area contributed by atoms with Gasteiger partial charge < -0.3 is 0 Å². The maximum absolute atomic E-state index is 12.2. The first kappa shape index (κ1) is 15.4. The quantitative estimate of drug-likeness (QED) is 0.401. The van der Waals surface area contributed by atoms with Gasteiger partial charge in [-0.2, -0.15) is 5.10 Å². The predicted molar refractivity (Wildman–Crippen MR) is 86.9 cm³/mol. The Morgan fingerprint density at radius 1 is 1.22 bits per heavy atom. The number of nitrogens with one attached hydrogen (secondary N) is 1. The molecule has 6 heteroatoms.